The summed E-state index contributed by atoms with van der Waals surface area (Å²) in [5, 5.41) is 34.4. The second kappa shape index (κ2) is 83.7. The Morgan fingerprint density at radius 3 is 0.769 bits per heavy atom. The molecule has 0 unspecified atom stereocenters. The molecule has 0 amide bonds. The molecule has 0 rings (SSSR count). The molecule has 5 heteroatoms. The summed E-state index contributed by atoms with van der Waals surface area (Å²) >= 11 is 0. The molecular weight excluding hydrogens is 187 g/mol. The Morgan fingerprint density at radius 2 is 0.769 bits per heavy atom. The number of aliphatic hydroxyl groups excluding tert-OH is 1. The molecule has 0 fully saturated rings. The molecule has 0 aliphatic carbocycles. The Bertz CT molecular complexity index is 24.1. The zero-order chi connectivity index (χ0) is 10.8. The van der Waals surface area contributed by atoms with Crippen molar-refractivity contribution in [2.24, 2.45) is 0 Å². The van der Waals surface area contributed by atoms with E-state index in [1.54, 1.807) is 27.7 Å². The van der Waals surface area contributed by atoms with E-state index in [-0.39, 0.29) is 43.8 Å². The first-order valence-corrected chi connectivity index (χ1v) is 4.01. The molecule has 0 aliphatic heterocycles. The average molecular weight is 208 g/mol. The maximum atomic E-state index is 8.93. The summed E-state index contributed by atoms with van der Waals surface area (Å²) in [4.78, 5) is 0. The van der Waals surface area contributed by atoms with Gasteiger partial charge in [0.25, 0.3) is 0 Å². The van der Waals surface area contributed by atoms with Gasteiger partial charge in [0.1, 0.15) is 0 Å². The van der Waals surface area contributed by atoms with Crippen molar-refractivity contribution in [3.63, 3.8) is 0 Å². The Labute approximate surface area is 92.4 Å². The minimum atomic E-state index is 0. The van der Waals surface area contributed by atoms with Crippen LogP contribution in [0.3, 0.4) is 0 Å². The molecule has 0 saturated heterocycles. The van der Waals surface area contributed by atoms with Crippen molar-refractivity contribution < 1.29 is 20.4 Å². The van der Waals surface area contributed by atoms with Crippen LogP contribution in [-0.4, -0.2) is 48.9 Å². The molecule has 80 valence electrons. The minimum Gasteiger partial charge on any atom is -0.855 e. The van der Waals surface area contributed by atoms with Gasteiger partial charge in [0.2, 0.25) is 0 Å². The van der Waals surface area contributed by atoms with Crippen LogP contribution in [0.4, 0.5) is 0 Å². The quantitative estimate of drug-likeness (QED) is 0.454. The van der Waals surface area contributed by atoms with E-state index in [4.69, 9.17) is 20.4 Å². The van der Waals surface area contributed by atoms with E-state index in [0.717, 1.165) is 0 Å². The van der Waals surface area contributed by atoms with Crippen LogP contribution in [0.5, 0.6) is 0 Å². The number of hydrogen-bond acceptors (Lipinski definition) is 4. The van der Waals surface area contributed by atoms with Gasteiger partial charge < -0.3 is 20.4 Å². The molecule has 0 aromatic rings. The van der Waals surface area contributed by atoms with E-state index in [1.807, 2.05) is 0 Å². The first-order valence-electron chi connectivity index (χ1n) is 4.01. The molecule has 0 radical (unpaired) electrons. The molecular formula is C8H21AlO4. The van der Waals surface area contributed by atoms with Crippen LogP contribution in [0.15, 0.2) is 0 Å². The van der Waals surface area contributed by atoms with Gasteiger partial charge in [0.05, 0.1) is 0 Å². The summed E-state index contributed by atoms with van der Waals surface area (Å²) in [6, 6.07) is 0. The van der Waals surface area contributed by atoms with Gasteiger partial charge in [-0.1, -0.05) is 20.8 Å². The van der Waals surface area contributed by atoms with Crippen molar-refractivity contribution in [2.45, 2.75) is 27.7 Å². The zero-order valence-electron chi connectivity index (χ0n) is 9.08. The maximum Gasteiger partial charge on any atom is 3.00 e. The van der Waals surface area contributed by atoms with Gasteiger partial charge in [0.15, 0.2) is 0 Å². The monoisotopic (exact) mass is 208 g/mol. The van der Waals surface area contributed by atoms with E-state index in [2.05, 4.69) is 0 Å². The Morgan fingerprint density at radius 1 is 0.769 bits per heavy atom. The van der Waals surface area contributed by atoms with E-state index < -0.39 is 0 Å². The number of aliphatic hydroxyl groups is 1. The molecule has 13 heavy (non-hydrogen) atoms. The topological polar surface area (TPSA) is 89.4 Å². The summed E-state index contributed by atoms with van der Waals surface area (Å²) in [7, 11) is 0. The summed E-state index contributed by atoms with van der Waals surface area (Å²) in [5.74, 6) is 0. The van der Waals surface area contributed by atoms with Crippen molar-refractivity contribution >= 4 is 17.4 Å². The van der Waals surface area contributed by atoms with Gasteiger partial charge in [-0.05, 0) is 6.92 Å². The Hall–Kier alpha value is 0.372. The van der Waals surface area contributed by atoms with Crippen LogP contribution in [0.1, 0.15) is 27.7 Å². The average Bonchev–Trinajstić information content (AvgIpc) is 1.92. The van der Waals surface area contributed by atoms with Crippen LogP contribution in [-0.2, 0) is 0 Å². The predicted molar refractivity (Wildman–Crippen MR) is 50.1 cm³/mol. The van der Waals surface area contributed by atoms with Gasteiger partial charge in [-0.3, -0.25) is 0 Å². The summed E-state index contributed by atoms with van der Waals surface area (Å²) < 4.78 is 0. The summed E-state index contributed by atoms with van der Waals surface area (Å²) in [5.41, 5.74) is 0. The first-order chi connectivity index (χ1) is 5.66. The second-order valence-electron chi connectivity index (χ2n) is 1.18. The van der Waals surface area contributed by atoms with Gasteiger partial charge in [0, 0.05) is 6.61 Å². The van der Waals surface area contributed by atoms with E-state index in [0.29, 0.717) is 0 Å². The molecule has 0 aromatic heterocycles. The van der Waals surface area contributed by atoms with Crippen molar-refractivity contribution in [3.8, 4) is 0 Å². The largest absolute Gasteiger partial charge is 3.00 e. The van der Waals surface area contributed by atoms with Crippen LogP contribution < -0.4 is 15.3 Å². The van der Waals surface area contributed by atoms with E-state index in [9.17, 15) is 0 Å². The van der Waals surface area contributed by atoms with Crippen LogP contribution >= 0.6 is 0 Å². The van der Waals surface area contributed by atoms with Crippen LogP contribution in [0.25, 0.3) is 0 Å². The maximum absolute atomic E-state index is 8.93. The fraction of sp³-hybridized carbons (Fsp3) is 1.00. The molecule has 4 nitrogen and oxygen atoms in total. The smallest absolute Gasteiger partial charge is 0.855 e. The summed E-state index contributed by atoms with van der Waals surface area (Å²) in [6.07, 6.45) is 0. The van der Waals surface area contributed by atoms with E-state index in [1.165, 1.54) is 0 Å². The van der Waals surface area contributed by atoms with Gasteiger partial charge in [-0.2, -0.15) is 0 Å². The van der Waals surface area contributed by atoms with Gasteiger partial charge in [-0.25, -0.2) is 0 Å². The van der Waals surface area contributed by atoms with Crippen molar-refractivity contribution in [3.05, 3.63) is 0 Å². The third-order valence-electron chi connectivity index (χ3n) is 0. The Kier molecular flexibility index (Phi) is 188. The van der Waals surface area contributed by atoms with Crippen LogP contribution in [0.2, 0.25) is 0 Å². The molecule has 0 spiro atoms. The molecule has 0 saturated carbocycles. The van der Waals surface area contributed by atoms with Crippen molar-refractivity contribution in [1.29, 1.82) is 0 Å². The molecule has 0 aliphatic rings. The third kappa shape index (κ3) is 9590. The zero-order valence-corrected chi connectivity index (χ0v) is 10.2. The predicted octanol–water partition coefficient (Wildman–Crippen LogP) is -2.28. The minimum absolute atomic E-state index is 0. The van der Waals surface area contributed by atoms with Crippen molar-refractivity contribution in [2.75, 3.05) is 26.4 Å². The van der Waals surface area contributed by atoms with Gasteiger partial charge in [-0.15, -0.1) is 19.8 Å². The third-order valence-corrected chi connectivity index (χ3v) is 0. The second-order valence-corrected chi connectivity index (χ2v) is 1.18. The number of rotatable bonds is 0. The molecule has 0 bridgehead atoms. The Balaban J connectivity index is -0.0000000213. The standard InChI is InChI=1S/C2H6O.3C2H5O.Al/c4*1-2-3;/h3H,2H2,1H3;3*2H2,1H3;/q;3*-1;+3. The number of hydrogen-bond donors (Lipinski definition) is 1. The molecule has 1 N–H and O–H groups in total. The van der Waals surface area contributed by atoms with Gasteiger partial charge >= 0.3 is 17.4 Å². The first kappa shape index (κ1) is 29.2. The van der Waals surface area contributed by atoms with Crippen molar-refractivity contribution in [1.82, 2.24) is 0 Å². The molecule has 0 aromatic carbocycles. The van der Waals surface area contributed by atoms with E-state index >= 15 is 0 Å². The SMILES string of the molecule is CCO.CC[O-].CC[O-].CC[O-].[Al+3]. The molecule has 0 heterocycles. The fourth-order valence-electron chi connectivity index (χ4n) is 0. The molecule has 0 atom stereocenters. The normalized spacial score (nSPS) is 5.54. The van der Waals surface area contributed by atoms with Crippen LogP contribution in [0, 0.1) is 0 Å². The fourth-order valence-corrected chi connectivity index (χ4v) is 0. The summed E-state index contributed by atoms with van der Waals surface area (Å²) in [6.45, 7) is 6.64.